The van der Waals surface area contributed by atoms with Crippen LogP contribution in [0.15, 0.2) is 60.0 Å². The third-order valence-corrected chi connectivity index (χ3v) is 8.02. The summed E-state index contributed by atoms with van der Waals surface area (Å²) in [7, 11) is 1.62. The molecule has 0 N–H and O–H groups in total. The SMILES string of the molecule is CC[C@@H](C)CN(CC(=O)N1CCc2sccc2[C@@H]1COc1ccccc1OC)C(=O)c1ccc(C)cc1. The lowest BCUT2D eigenvalue weighted by atomic mass is 10.00. The third-order valence-electron chi connectivity index (χ3n) is 7.02. The average molecular weight is 521 g/mol. The number of hydrogen-bond acceptors (Lipinski definition) is 5. The van der Waals surface area contributed by atoms with Crippen LogP contribution in [0.5, 0.6) is 11.5 Å². The van der Waals surface area contributed by atoms with E-state index in [4.69, 9.17) is 9.47 Å². The minimum Gasteiger partial charge on any atom is -0.493 e. The van der Waals surface area contributed by atoms with Crippen LogP contribution in [0.2, 0.25) is 0 Å². The monoisotopic (exact) mass is 520 g/mol. The topological polar surface area (TPSA) is 59.1 Å². The van der Waals surface area contributed by atoms with Gasteiger partial charge in [-0.3, -0.25) is 9.59 Å². The molecule has 3 aromatic rings. The van der Waals surface area contributed by atoms with Gasteiger partial charge in [-0.05, 0) is 60.5 Å². The van der Waals surface area contributed by atoms with E-state index >= 15 is 0 Å². The second kappa shape index (κ2) is 12.3. The summed E-state index contributed by atoms with van der Waals surface area (Å²) in [6, 6.07) is 16.9. The highest BCUT2D eigenvalue weighted by Gasteiger charge is 2.34. The number of fused-ring (bicyclic) bond motifs is 1. The Bertz CT molecular complexity index is 1210. The molecule has 2 aromatic carbocycles. The van der Waals surface area contributed by atoms with Crippen molar-refractivity contribution in [2.75, 3.05) is 33.4 Å². The first kappa shape index (κ1) is 26.7. The Labute approximate surface area is 223 Å². The van der Waals surface area contributed by atoms with Crippen LogP contribution in [0.3, 0.4) is 0 Å². The molecule has 0 saturated heterocycles. The molecular weight excluding hydrogens is 484 g/mol. The van der Waals surface area contributed by atoms with Crippen molar-refractivity contribution in [1.82, 2.24) is 9.80 Å². The van der Waals surface area contributed by atoms with Crippen LogP contribution in [0, 0.1) is 12.8 Å². The summed E-state index contributed by atoms with van der Waals surface area (Å²) in [5.41, 5.74) is 2.83. The zero-order valence-electron chi connectivity index (χ0n) is 22.1. The predicted octanol–water partition coefficient (Wildman–Crippen LogP) is 5.76. The largest absolute Gasteiger partial charge is 0.493 e. The van der Waals surface area contributed by atoms with Crippen molar-refractivity contribution >= 4 is 23.2 Å². The van der Waals surface area contributed by atoms with Crippen molar-refractivity contribution < 1.29 is 19.1 Å². The third kappa shape index (κ3) is 6.34. The van der Waals surface area contributed by atoms with Crippen molar-refractivity contribution in [2.45, 2.75) is 39.7 Å². The van der Waals surface area contributed by atoms with Gasteiger partial charge in [-0.15, -0.1) is 11.3 Å². The predicted molar refractivity (Wildman–Crippen MR) is 148 cm³/mol. The summed E-state index contributed by atoms with van der Waals surface area (Å²) < 4.78 is 11.6. The highest BCUT2D eigenvalue weighted by Crippen LogP contribution is 2.35. The lowest BCUT2D eigenvalue weighted by molar-refractivity contribution is -0.135. The second-order valence-corrected chi connectivity index (χ2v) is 10.7. The first-order valence-corrected chi connectivity index (χ1v) is 13.8. The normalized spacial score (nSPS) is 15.6. The molecule has 196 valence electrons. The number of rotatable bonds is 10. The molecule has 7 heteroatoms. The molecule has 0 spiro atoms. The molecule has 6 nitrogen and oxygen atoms in total. The smallest absolute Gasteiger partial charge is 0.254 e. The molecule has 1 aliphatic rings. The van der Waals surface area contributed by atoms with Crippen LogP contribution >= 0.6 is 11.3 Å². The van der Waals surface area contributed by atoms with E-state index in [1.807, 2.05) is 60.4 Å². The maximum Gasteiger partial charge on any atom is 0.254 e. The van der Waals surface area contributed by atoms with E-state index < -0.39 is 0 Å². The minimum atomic E-state index is -0.229. The Kier molecular flexibility index (Phi) is 8.87. The molecule has 2 heterocycles. The van der Waals surface area contributed by atoms with E-state index in [9.17, 15) is 9.59 Å². The summed E-state index contributed by atoms with van der Waals surface area (Å²) in [6.45, 7) is 7.71. The Balaban J connectivity index is 1.55. The molecule has 1 aromatic heterocycles. The zero-order chi connectivity index (χ0) is 26.4. The van der Waals surface area contributed by atoms with Gasteiger partial charge in [0.05, 0.1) is 13.2 Å². The number of hydrogen-bond donors (Lipinski definition) is 0. The number of carbonyl (C=O) groups excluding carboxylic acids is 2. The van der Waals surface area contributed by atoms with Gasteiger partial charge in [-0.1, -0.05) is 50.1 Å². The van der Waals surface area contributed by atoms with Crippen molar-refractivity contribution in [2.24, 2.45) is 5.92 Å². The van der Waals surface area contributed by atoms with Gasteiger partial charge >= 0.3 is 0 Å². The van der Waals surface area contributed by atoms with Crippen LogP contribution in [0.1, 0.15) is 52.7 Å². The Morgan fingerprint density at radius 3 is 2.54 bits per heavy atom. The van der Waals surface area contributed by atoms with Gasteiger partial charge in [0.25, 0.3) is 5.91 Å². The van der Waals surface area contributed by atoms with Crippen LogP contribution in [0.25, 0.3) is 0 Å². The summed E-state index contributed by atoms with van der Waals surface area (Å²) in [6.07, 6.45) is 1.74. The van der Waals surface area contributed by atoms with Gasteiger partial charge in [0, 0.05) is 23.5 Å². The molecule has 2 amide bonds. The van der Waals surface area contributed by atoms with Crippen molar-refractivity contribution in [3.8, 4) is 11.5 Å². The number of amides is 2. The number of benzene rings is 2. The highest BCUT2D eigenvalue weighted by molar-refractivity contribution is 7.10. The molecule has 2 atom stereocenters. The lowest BCUT2D eigenvalue weighted by Gasteiger charge is -2.37. The van der Waals surface area contributed by atoms with Gasteiger partial charge in [0.1, 0.15) is 13.2 Å². The van der Waals surface area contributed by atoms with Gasteiger partial charge in [0.15, 0.2) is 11.5 Å². The standard InChI is InChI=1S/C30H36N2O4S/c1-5-21(2)18-31(30(34)23-12-10-22(3)11-13-23)19-29(33)32-16-14-28-24(15-17-37-28)25(32)20-36-27-9-7-6-8-26(27)35-4/h6-13,15,17,21,25H,5,14,16,18-20H2,1-4H3/t21-,25+/m1/s1. The van der Waals surface area contributed by atoms with Gasteiger partial charge in [-0.2, -0.15) is 0 Å². The van der Waals surface area contributed by atoms with Crippen LogP contribution in [-0.4, -0.2) is 55.0 Å². The van der Waals surface area contributed by atoms with Crippen LogP contribution in [-0.2, 0) is 11.2 Å². The Morgan fingerprint density at radius 2 is 1.84 bits per heavy atom. The summed E-state index contributed by atoms with van der Waals surface area (Å²) >= 11 is 1.72. The second-order valence-electron chi connectivity index (χ2n) is 9.68. The molecule has 0 bridgehead atoms. The number of ether oxygens (including phenoxy) is 2. The zero-order valence-corrected chi connectivity index (χ0v) is 22.9. The van der Waals surface area contributed by atoms with Gasteiger partial charge in [-0.25, -0.2) is 0 Å². The molecule has 0 radical (unpaired) electrons. The summed E-state index contributed by atoms with van der Waals surface area (Å²) in [5.74, 6) is 1.42. The Morgan fingerprint density at radius 1 is 1.11 bits per heavy atom. The van der Waals surface area contributed by atoms with Gasteiger partial charge < -0.3 is 19.3 Å². The van der Waals surface area contributed by atoms with E-state index in [1.165, 1.54) is 4.88 Å². The Hall–Kier alpha value is -3.32. The molecule has 4 rings (SSSR count). The highest BCUT2D eigenvalue weighted by atomic mass is 32.1. The van der Waals surface area contributed by atoms with E-state index in [0.717, 1.165) is 24.0 Å². The first-order chi connectivity index (χ1) is 17.9. The molecule has 0 aliphatic carbocycles. The fourth-order valence-electron chi connectivity index (χ4n) is 4.64. The molecule has 0 saturated carbocycles. The van der Waals surface area contributed by atoms with Crippen molar-refractivity contribution in [1.29, 1.82) is 0 Å². The van der Waals surface area contributed by atoms with E-state index in [1.54, 1.807) is 23.3 Å². The van der Waals surface area contributed by atoms with E-state index in [2.05, 4.69) is 25.3 Å². The fourth-order valence-corrected chi connectivity index (χ4v) is 5.57. The summed E-state index contributed by atoms with van der Waals surface area (Å²) in [4.78, 5) is 32.1. The minimum absolute atomic E-state index is 0.0433. The number of thiophene rings is 1. The number of methoxy groups -OCH3 is 1. The number of para-hydroxylation sites is 2. The van der Waals surface area contributed by atoms with Crippen molar-refractivity contribution in [3.63, 3.8) is 0 Å². The van der Waals surface area contributed by atoms with Crippen LogP contribution in [0.4, 0.5) is 0 Å². The van der Waals surface area contributed by atoms with E-state index in [0.29, 0.717) is 36.8 Å². The lowest BCUT2D eigenvalue weighted by Crippen LogP contribution is -2.48. The molecule has 0 fully saturated rings. The number of aryl methyl sites for hydroxylation is 1. The molecule has 0 unspecified atom stereocenters. The van der Waals surface area contributed by atoms with Crippen molar-refractivity contribution in [3.05, 3.63) is 81.5 Å². The maximum atomic E-state index is 13.8. The molecule has 1 aliphatic heterocycles. The fraction of sp³-hybridized carbons (Fsp3) is 0.400. The molecular formula is C30H36N2O4S. The quantitative estimate of drug-likeness (QED) is 0.341. The first-order valence-electron chi connectivity index (χ1n) is 12.9. The average Bonchev–Trinajstić information content (AvgIpc) is 3.40. The summed E-state index contributed by atoms with van der Waals surface area (Å²) in [5, 5.41) is 2.07. The van der Waals surface area contributed by atoms with E-state index in [-0.39, 0.29) is 30.3 Å². The van der Waals surface area contributed by atoms with Gasteiger partial charge in [0.2, 0.25) is 5.91 Å². The number of carbonyl (C=O) groups is 2. The van der Waals surface area contributed by atoms with Crippen LogP contribution < -0.4 is 9.47 Å². The number of nitrogens with zero attached hydrogens (tertiary/aromatic N) is 2. The molecule has 37 heavy (non-hydrogen) atoms. The maximum absolute atomic E-state index is 13.8.